The number of hydrogen-bond donors (Lipinski definition) is 0. The topological polar surface area (TPSA) is 107 Å². The van der Waals surface area contributed by atoms with Gasteiger partial charge in [-0.25, -0.2) is 9.79 Å². The second kappa shape index (κ2) is 14.9. The van der Waals surface area contributed by atoms with E-state index in [4.69, 9.17) is 63.2 Å². The molecule has 0 saturated heterocycles. The zero-order valence-corrected chi connectivity index (χ0v) is 29.9. The number of fused-ring (bicyclic) bond motifs is 1. The first-order valence-electron chi connectivity index (χ1n) is 14.5. The molecule has 0 unspecified atom stereocenters. The van der Waals surface area contributed by atoms with E-state index in [1.165, 1.54) is 33.0 Å². The molecule has 48 heavy (non-hydrogen) atoms. The number of esters is 1. The number of carbonyl (C=O) groups excluding carboxylic acids is 1. The Hall–Kier alpha value is -4.16. The summed E-state index contributed by atoms with van der Waals surface area (Å²) in [4.78, 5) is 32.6. The fourth-order valence-electron chi connectivity index (χ4n) is 5.27. The van der Waals surface area contributed by atoms with Crippen molar-refractivity contribution in [1.82, 2.24) is 4.57 Å². The summed E-state index contributed by atoms with van der Waals surface area (Å²) >= 11 is 20.2. The molecule has 14 heteroatoms. The number of ether oxygens (including phenoxy) is 6. The van der Waals surface area contributed by atoms with E-state index in [1.54, 1.807) is 62.4 Å². The molecule has 252 valence electrons. The van der Waals surface area contributed by atoms with E-state index < -0.39 is 12.0 Å². The zero-order chi connectivity index (χ0) is 34.7. The lowest BCUT2D eigenvalue weighted by molar-refractivity contribution is -0.139. The first-order valence-corrected chi connectivity index (χ1v) is 16.4. The van der Waals surface area contributed by atoms with Gasteiger partial charge in [0.2, 0.25) is 5.75 Å². The van der Waals surface area contributed by atoms with E-state index >= 15 is 0 Å². The summed E-state index contributed by atoms with van der Waals surface area (Å²) in [6, 6.07) is 11.0. The van der Waals surface area contributed by atoms with Crippen LogP contribution in [0.1, 0.15) is 36.6 Å². The summed E-state index contributed by atoms with van der Waals surface area (Å²) in [6.07, 6.45) is 1.67. The van der Waals surface area contributed by atoms with Crippen LogP contribution < -0.4 is 38.6 Å². The van der Waals surface area contributed by atoms with E-state index in [2.05, 4.69) is 4.99 Å². The minimum absolute atomic E-state index is 0.118. The second-order valence-electron chi connectivity index (χ2n) is 10.3. The molecule has 0 spiro atoms. The van der Waals surface area contributed by atoms with E-state index in [1.807, 2.05) is 0 Å². The van der Waals surface area contributed by atoms with Gasteiger partial charge in [0.05, 0.1) is 61.9 Å². The van der Waals surface area contributed by atoms with Crippen molar-refractivity contribution in [3.8, 4) is 28.7 Å². The number of methoxy groups -OCH3 is 4. The van der Waals surface area contributed by atoms with Crippen LogP contribution in [0.3, 0.4) is 0 Å². The van der Waals surface area contributed by atoms with Crippen molar-refractivity contribution in [3.05, 3.63) is 105 Å². The highest BCUT2D eigenvalue weighted by Gasteiger charge is 2.34. The Morgan fingerprint density at radius 3 is 2.19 bits per heavy atom. The fourth-order valence-corrected chi connectivity index (χ4v) is 7.05. The van der Waals surface area contributed by atoms with Crippen molar-refractivity contribution in [2.24, 2.45) is 4.99 Å². The molecule has 0 amide bonds. The molecule has 2 heterocycles. The van der Waals surface area contributed by atoms with Gasteiger partial charge in [0.1, 0.15) is 6.61 Å². The second-order valence-corrected chi connectivity index (χ2v) is 12.6. The molecule has 1 aromatic heterocycles. The quantitative estimate of drug-likeness (QED) is 0.164. The van der Waals surface area contributed by atoms with E-state index in [9.17, 15) is 9.59 Å². The van der Waals surface area contributed by atoms with Gasteiger partial charge in [-0.05, 0) is 67.4 Å². The predicted octanol–water partition coefficient (Wildman–Crippen LogP) is 6.37. The summed E-state index contributed by atoms with van der Waals surface area (Å²) < 4.78 is 35.5. The van der Waals surface area contributed by atoms with Gasteiger partial charge in [-0.2, -0.15) is 0 Å². The number of benzene rings is 3. The molecule has 3 aromatic carbocycles. The highest BCUT2D eigenvalue weighted by molar-refractivity contribution is 7.07. The molecule has 0 aliphatic carbocycles. The monoisotopic (exact) mass is 732 g/mol. The van der Waals surface area contributed by atoms with E-state index in [-0.39, 0.29) is 29.4 Å². The average molecular weight is 734 g/mol. The van der Waals surface area contributed by atoms with Gasteiger partial charge in [-0.1, -0.05) is 52.2 Å². The lowest BCUT2D eigenvalue weighted by Gasteiger charge is -2.26. The maximum absolute atomic E-state index is 14.2. The summed E-state index contributed by atoms with van der Waals surface area (Å²) in [5.74, 6) is 1.13. The molecule has 1 aliphatic heterocycles. The molecule has 0 saturated carbocycles. The Morgan fingerprint density at radius 1 is 0.917 bits per heavy atom. The lowest BCUT2D eigenvalue weighted by Crippen LogP contribution is -2.40. The maximum atomic E-state index is 14.2. The third-order valence-corrected chi connectivity index (χ3v) is 9.31. The van der Waals surface area contributed by atoms with Crippen molar-refractivity contribution in [3.63, 3.8) is 0 Å². The van der Waals surface area contributed by atoms with Crippen molar-refractivity contribution in [2.75, 3.05) is 35.0 Å². The van der Waals surface area contributed by atoms with Crippen LogP contribution in [0.4, 0.5) is 0 Å². The van der Waals surface area contributed by atoms with Gasteiger partial charge < -0.3 is 28.4 Å². The number of allylic oxidation sites excluding steroid dienone is 1. The van der Waals surface area contributed by atoms with Gasteiger partial charge in [0.25, 0.3) is 5.56 Å². The number of thiazole rings is 1. The number of nitrogens with zero attached hydrogens (tertiary/aromatic N) is 2. The Balaban J connectivity index is 1.62. The van der Waals surface area contributed by atoms with Crippen molar-refractivity contribution >= 4 is 58.2 Å². The Bertz CT molecular complexity index is 2080. The predicted molar refractivity (Wildman–Crippen MR) is 185 cm³/mol. The number of hydrogen-bond acceptors (Lipinski definition) is 10. The van der Waals surface area contributed by atoms with Gasteiger partial charge in [-0.3, -0.25) is 9.36 Å². The van der Waals surface area contributed by atoms with Crippen LogP contribution in [0, 0.1) is 0 Å². The average Bonchev–Trinajstić information content (AvgIpc) is 3.36. The van der Waals surface area contributed by atoms with Crippen LogP contribution in [0.15, 0.2) is 63.5 Å². The van der Waals surface area contributed by atoms with Gasteiger partial charge in [-0.15, -0.1) is 0 Å². The van der Waals surface area contributed by atoms with Crippen LogP contribution >= 0.6 is 46.1 Å². The molecule has 0 bridgehead atoms. The van der Waals surface area contributed by atoms with Crippen LogP contribution in [-0.4, -0.2) is 45.6 Å². The summed E-state index contributed by atoms with van der Waals surface area (Å²) in [5, 5.41) is 1.22. The number of halogens is 3. The highest BCUT2D eigenvalue weighted by atomic mass is 35.5. The third kappa shape index (κ3) is 6.86. The molecule has 0 N–H and O–H groups in total. The molecule has 0 radical (unpaired) electrons. The minimum Gasteiger partial charge on any atom is -0.493 e. The van der Waals surface area contributed by atoms with E-state index in [0.29, 0.717) is 70.5 Å². The largest absolute Gasteiger partial charge is 0.493 e. The molecule has 4 aromatic rings. The highest BCUT2D eigenvalue weighted by Crippen LogP contribution is 2.43. The van der Waals surface area contributed by atoms with Gasteiger partial charge in [0.15, 0.2) is 27.8 Å². The van der Waals surface area contributed by atoms with Crippen molar-refractivity contribution in [2.45, 2.75) is 26.5 Å². The van der Waals surface area contributed by atoms with E-state index in [0.717, 1.165) is 11.3 Å². The molecule has 1 atom stereocenters. The molecule has 5 rings (SSSR count). The SMILES string of the molecule is CCOC(=O)C1=C(C)N=c2s/c(=C\c3cc(Cl)c(OCc4ccc(Cl)cc4Cl)c(OC)c3)c(=O)n2[C@H]1c1cc(OC)c(OC)c(OC)c1. The van der Waals surface area contributed by atoms with Crippen LogP contribution in [-0.2, 0) is 16.1 Å². The number of carbonyl (C=O) groups is 1. The van der Waals surface area contributed by atoms with Crippen molar-refractivity contribution < 1.29 is 33.2 Å². The number of rotatable bonds is 11. The maximum Gasteiger partial charge on any atom is 0.338 e. The molecule has 10 nitrogen and oxygen atoms in total. The molecular weight excluding hydrogens is 703 g/mol. The van der Waals surface area contributed by atoms with Gasteiger partial charge >= 0.3 is 5.97 Å². The Labute approximate surface area is 295 Å². The van der Waals surface area contributed by atoms with Gasteiger partial charge in [0, 0.05) is 15.6 Å². The minimum atomic E-state index is -0.912. The normalized spacial score (nSPS) is 14.3. The Morgan fingerprint density at radius 2 is 1.58 bits per heavy atom. The summed E-state index contributed by atoms with van der Waals surface area (Å²) in [5.41, 5.74) is 2.04. The van der Waals surface area contributed by atoms with Crippen LogP contribution in [0.25, 0.3) is 6.08 Å². The summed E-state index contributed by atoms with van der Waals surface area (Å²) in [7, 11) is 5.96. The zero-order valence-electron chi connectivity index (χ0n) is 26.8. The smallest absolute Gasteiger partial charge is 0.338 e. The lowest BCUT2D eigenvalue weighted by atomic mass is 9.95. The molecule has 1 aliphatic rings. The van der Waals surface area contributed by atoms with Crippen LogP contribution in [0.5, 0.6) is 28.7 Å². The summed E-state index contributed by atoms with van der Waals surface area (Å²) in [6.45, 7) is 3.67. The fraction of sp³-hybridized carbons (Fsp3) is 0.265. The number of aromatic nitrogens is 1. The van der Waals surface area contributed by atoms with Crippen LogP contribution in [0.2, 0.25) is 15.1 Å². The molecular formula is C34H31Cl3N2O8S. The standard InChI is InChI=1S/C34H31Cl3N2O8S/c1-7-46-33(41)28-17(2)38-34-39(29(28)20-13-25(43-4)31(45-6)26(14-20)44-5)32(40)27(48-34)12-18-10-23(37)30(24(11-18)42-3)47-16-19-8-9-21(35)15-22(19)36/h8-15,29H,7,16H2,1-6H3/b27-12-/t29-/m0/s1. The Kier molecular flexibility index (Phi) is 10.9. The first-order chi connectivity index (χ1) is 23.0. The molecule has 0 fully saturated rings. The first kappa shape index (κ1) is 35.2. The van der Waals surface area contributed by atoms with Crippen molar-refractivity contribution in [1.29, 1.82) is 0 Å². The third-order valence-electron chi connectivity index (χ3n) is 7.46.